The lowest BCUT2D eigenvalue weighted by atomic mass is 10.2. The quantitative estimate of drug-likeness (QED) is 0.490. The summed E-state index contributed by atoms with van der Waals surface area (Å²) in [6.45, 7) is 0. The molecule has 0 radical (unpaired) electrons. The van der Waals surface area contributed by atoms with Crippen LogP contribution in [-0.4, -0.2) is 26.6 Å². The zero-order valence-electron chi connectivity index (χ0n) is 16.3. The van der Waals surface area contributed by atoms with Crippen LogP contribution in [0, 0.1) is 0 Å². The van der Waals surface area contributed by atoms with Crippen LogP contribution in [0.3, 0.4) is 0 Å². The van der Waals surface area contributed by atoms with Crippen molar-refractivity contribution in [1.82, 2.24) is 19.5 Å². The molecule has 5 rings (SSSR count). The maximum absolute atomic E-state index is 11.8. The molecule has 8 heteroatoms. The van der Waals surface area contributed by atoms with Crippen LogP contribution >= 0.6 is 0 Å². The average molecular weight is 399 g/mol. The van der Waals surface area contributed by atoms with Gasteiger partial charge in [0.1, 0.15) is 11.6 Å². The second-order valence-corrected chi connectivity index (χ2v) is 6.76. The van der Waals surface area contributed by atoms with Crippen LogP contribution < -0.4 is 15.8 Å². The van der Waals surface area contributed by atoms with Gasteiger partial charge in [-0.05, 0) is 48.5 Å². The molecule has 0 amide bonds. The van der Waals surface area contributed by atoms with E-state index in [-0.39, 0.29) is 0 Å². The predicted molar refractivity (Wildman–Crippen MR) is 114 cm³/mol. The molecular formula is C22H17N5O3. The number of aryl methyl sites for hydroxylation is 1. The van der Waals surface area contributed by atoms with E-state index in [0.29, 0.717) is 28.5 Å². The van der Waals surface area contributed by atoms with Crippen LogP contribution in [0.4, 0.5) is 11.5 Å². The minimum Gasteiger partial charge on any atom is -0.497 e. The molecule has 0 saturated carbocycles. The number of anilines is 2. The standard InChI is InChI=1S/C22H17N5O3/c1-27-18-10-14(5-8-19(18)30-22(27)28)24-21-16-11-15(29-2)6-7-17(16)25-20(26-21)13-4-3-9-23-12-13/h3-12H,1-2H3,(H,24,25,26). The van der Waals surface area contributed by atoms with Gasteiger partial charge in [-0.15, -0.1) is 0 Å². The highest BCUT2D eigenvalue weighted by molar-refractivity contribution is 5.94. The van der Waals surface area contributed by atoms with Gasteiger partial charge in [0.05, 0.1) is 18.1 Å². The Bertz CT molecular complexity index is 1440. The Morgan fingerprint density at radius 2 is 2.00 bits per heavy atom. The molecule has 3 heterocycles. The highest BCUT2D eigenvalue weighted by Crippen LogP contribution is 2.30. The maximum Gasteiger partial charge on any atom is 0.419 e. The van der Waals surface area contributed by atoms with Crippen molar-refractivity contribution in [2.45, 2.75) is 0 Å². The molecule has 1 N–H and O–H groups in total. The number of nitrogens with zero attached hydrogens (tertiary/aromatic N) is 4. The van der Waals surface area contributed by atoms with Crippen LogP contribution in [0.5, 0.6) is 5.75 Å². The van der Waals surface area contributed by atoms with Gasteiger partial charge in [-0.3, -0.25) is 9.55 Å². The summed E-state index contributed by atoms with van der Waals surface area (Å²) in [6, 6.07) is 14.8. The van der Waals surface area contributed by atoms with Gasteiger partial charge in [-0.1, -0.05) is 0 Å². The lowest BCUT2D eigenvalue weighted by molar-refractivity contribution is 0.415. The molecule has 0 aliphatic carbocycles. The van der Waals surface area contributed by atoms with Gasteiger partial charge in [0.2, 0.25) is 0 Å². The molecule has 0 atom stereocenters. The SMILES string of the molecule is COc1ccc2nc(-c3cccnc3)nc(Nc3ccc4oc(=O)n(C)c4c3)c2c1. The van der Waals surface area contributed by atoms with Crippen molar-refractivity contribution in [2.75, 3.05) is 12.4 Å². The Hall–Kier alpha value is -4.20. The number of pyridine rings is 1. The summed E-state index contributed by atoms with van der Waals surface area (Å²) in [5.41, 5.74) is 3.56. The molecule has 0 unspecified atom stereocenters. The van der Waals surface area contributed by atoms with Crippen molar-refractivity contribution in [2.24, 2.45) is 7.05 Å². The molecule has 0 spiro atoms. The van der Waals surface area contributed by atoms with Crippen LogP contribution in [0.1, 0.15) is 0 Å². The smallest absolute Gasteiger partial charge is 0.419 e. The Morgan fingerprint density at radius 1 is 1.10 bits per heavy atom. The van der Waals surface area contributed by atoms with Crippen LogP contribution in [-0.2, 0) is 7.05 Å². The number of hydrogen-bond donors (Lipinski definition) is 1. The number of benzene rings is 2. The second-order valence-electron chi connectivity index (χ2n) is 6.76. The summed E-state index contributed by atoms with van der Waals surface area (Å²) in [7, 11) is 3.29. The van der Waals surface area contributed by atoms with Gasteiger partial charge >= 0.3 is 5.76 Å². The highest BCUT2D eigenvalue weighted by Gasteiger charge is 2.13. The molecule has 30 heavy (non-hydrogen) atoms. The fraction of sp³-hybridized carbons (Fsp3) is 0.0909. The van der Waals surface area contributed by atoms with Gasteiger partial charge in [0.15, 0.2) is 11.4 Å². The number of hydrogen-bond acceptors (Lipinski definition) is 7. The van der Waals surface area contributed by atoms with Crippen LogP contribution in [0.2, 0.25) is 0 Å². The number of rotatable bonds is 4. The molecular weight excluding hydrogens is 382 g/mol. The molecule has 0 saturated heterocycles. The van der Waals surface area contributed by atoms with Gasteiger partial charge < -0.3 is 14.5 Å². The van der Waals surface area contributed by atoms with Gasteiger partial charge in [0.25, 0.3) is 0 Å². The number of aromatic nitrogens is 4. The highest BCUT2D eigenvalue weighted by atomic mass is 16.5. The first-order valence-electron chi connectivity index (χ1n) is 9.25. The summed E-state index contributed by atoms with van der Waals surface area (Å²) in [5, 5.41) is 4.16. The van der Waals surface area contributed by atoms with Crippen molar-refractivity contribution in [3.63, 3.8) is 0 Å². The number of fused-ring (bicyclic) bond motifs is 2. The third-order valence-electron chi connectivity index (χ3n) is 4.88. The first-order valence-corrected chi connectivity index (χ1v) is 9.25. The Kier molecular flexibility index (Phi) is 4.17. The largest absolute Gasteiger partial charge is 0.497 e. The first-order chi connectivity index (χ1) is 14.6. The van der Waals surface area contributed by atoms with E-state index in [9.17, 15) is 4.79 Å². The lowest BCUT2D eigenvalue weighted by Crippen LogP contribution is -2.08. The Balaban J connectivity index is 1.68. The predicted octanol–water partition coefficient (Wildman–Crippen LogP) is 3.89. The maximum atomic E-state index is 11.8. The zero-order valence-corrected chi connectivity index (χ0v) is 16.3. The van der Waals surface area contributed by atoms with Crippen molar-refractivity contribution >= 4 is 33.5 Å². The minimum absolute atomic E-state index is 0.404. The fourth-order valence-electron chi connectivity index (χ4n) is 3.30. The van der Waals surface area contributed by atoms with Gasteiger partial charge in [-0.2, -0.15) is 0 Å². The molecule has 0 aliphatic heterocycles. The molecule has 0 aliphatic rings. The third-order valence-corrected chi connectivity index (χ3v) is 4.88. The van der Waals surface area contributed by atoms with E-state index in [1.807, 2.05) is 42.5 Å². The van der Waals surface area contributed by atoms with E-state index >= 15 is 0 Å². The number of oxazole rings is 1. The van der Waals surface area contributed by atoms with Crippen molar-refractivity contribution < 1.29 is 9.15 Å². The van der Waals surface area contributed by atoms with Gasteiger partial charge in [0, 0.05) is 36.1 Å². The second kappa shape index (κ2) is 7.00. The zero-order chi connectivity index (χ0) is 20.7. The summed E-state index contributed by atoms with van der Waals surface area (Å²) >= 11 is 0. The lowest BCUT2D eigenvalue weighted by Gasteiger charge is -2.12. The normalized spacial score (nSPS) is 11.1. The summed E-state index contributed by atoms with van der Waals surface area (Å²) in [4.78, 5) is 25.4. The minimum atomic E-state index is -0.404. The first kappa shape index (κ1) is 17.9. The molecule has 8 nitrogen and oxygen atoms in total. The average Bonchev–Trinajstić information content (AvgIpc) is 3.07. The van der Waals surface area contributed by atoms with Crippen LogP contribution in [0.15, 0.2) is 70.1 Å². The summed E-state index contributed by atoms with van der Waals surface area (Å²) < 4.78 is 12.0. The van der Waals surface area contributed by atoms with E-state index < -0.39 is 5.76 Å². The van der Waals surface area contributed by atoms with E-state index in [1.54, 1.807) is 32.6 Å². The van der Waals surface area contributed by atoms with E-state index in [4.69, 9.17) is 14.1 Å². The molecule has 0 fully saturated rings. The Morgan fingerprint density at radius 3 is 2.80 bits per heavy atom. The molecule has 148 valence electrons. The molecule has 3 aromatic heterocycles. The van der Waals surface area contributed by atoms with Crippen molar-refractivity contribution in [3.8, 4) is 17.1 Å². The van der Waals surface area contributed by atoms with E-state index in [2.05, 4.69) is 15.3 Å². The monoisotopic (exact) mass is 399 g/mol. The molecule has 5 aromatic rings. The number of nitrogens with one attached hydrogen (secondary N) is 1. The summed E-state index contributed by atoms with van der Waals surface area (Å²) in [5.74, 6) is 1.47. The topological polar surface area (TPSA) is 95.1 Å². The van der Waals surface area contributed by atoms with Crippen molar-refractivity contribution in [3.05, 3.63) is 71.5 Å². The number of ether oxygens (including phenoxy) is 1. The summed E-state index contributed by atoms with van der Waals surface area (Å²) in [6.07, 6.45) is 3.43. The molecule has 2 aromatic carbocycles. The molecule has 0 bridgehead atoms. The van der Waals surface area contributed by atoms with E-state index in [0.717, 1.165) is 22.2 Å². The van der Waals surface area contributed by atoms with Gasteiger partial charge in [-0.25, -0.2) is 14.8 Å². The third kappa shape index (κ3) is 3.04. The van der Waals surface area contributed by atoms with Crippen LogP contribution in [0.25, 0.3) is 33.4 Å². The van der Waals surface area contributed by atoms with E-state index in [1.165, 1.54) is 4.57 Å². The Labute approximate surface area is 170 Å². The number of methoxy groups -OCH3 is 1. The van der Waals surface area contributed by atoms with Crippen molar-refractivity contribution in [1.29, 1.82) is 0 Å². The fourth-order valence-corrected chi connectivity index (χ4v) is 3.30.